The molecule has 0 amide bonds. The molecular weight excluding hydrogens is 411 g/mol. The van der Waals surface area contributed by atoms with Gasteiger partial charge in [0, 0.05) is 46.9 Å². The maximum absolute atomic E-state index is 15.3. The van der Waals surface area contributed by atoms with Crippen LogP contribution in [0.4, 0.5) is 19.0 Å². The minimum atomic E-state index is -0.950. The van der Waals surface area contributed by atoms with Crippen LogP contribution in [0.2, 0.25) is 0 Å². The molecule has 166 valence electrons. The molecule has 0 spiro atoms. The second-order valence-electron chi connectivity index (χ2n) is 6.27. The molecule has 0 radical (unpaired) electrons. The van der Waals surface area contributed by atoms with E-state index >= 15 is 8.78 Å². The Morgan fingerprint density at radius 3 is 2.35 bits per heavy atom. The molecule has 3 aromatic rings. The Hall–Kier alpha value is -3.33. The molecule has 0 atom stereocenters. The molecule has 1 heterocycles. The Bertz CT molecular complexity index is 1120. The summed E-state index contributed by atoms with van der Waals surface area (Å²) in [5, 5.41) is 16.7. The highest BCUT2D eigenvalue weighted by Crippen LogP contribution is 2.40. The number of benzene rings is 2. The summed E-state index contributed by atoms with van der Waals surface area (Å²) in [4.78, 5) is 4.04. The number of anilines is 1. The summed E-state index contributed by atoms with van der Waals surface area (Å²) in [6.45, 7) is 5.47. The van der Waals surface area contributed by atoms with Crippen LogP contribution >= 0.6 is 0 Å². The molecule has 0 aliphatic rings. The van der Waals surface area contributed by atoms with Crippen LogP contribution in [-0.4, -0.2) is 36.1 Å². The molecule has 6 nitrogen and oxygen atoms in total. The van der Waals surface area contributed by atoms with Gasteiger partial charge in [0.25, 0.3) is 0 Å². The van der Waals surface area contributed by atoms with Gasteiger partial charge in [-0.25, -0.2) is 18.2 Å². The number of phenolic OH excluding ortho intramolecular Hbond substituents is 1. The van der Waals surface area contributed by atoms with E-state index in [-0.39, 0.29) is 58.1 Å². The first-order valence-electron chi connectivity index (χ1n) is 9.53. The van der Waals surface area contributed by atoms with Gasteiger partial charge in [-0.3, -0.25) is 0 Å². The zero-order chi connectivity index (χ0) is 23.3. The minimum Gasteiger partial charge on any atom is -0.508 e. The maximum Gasteiger partial charge on any atom is 0.173 e. The molecule has 0 saturated carbocycles. The van der Waals surface area contributed by atoms with Gasteiger partial charge in [-0.1, -0.05) is 13.8 Å². The number of nitrogens with zero attached hydrogens (tertiary/aromatic N) is 1. The molecule has 3 rings (SSSR count). The number of fused-ring (bicyclic) bond motifs is 1. The fourth-order valence-electron chi connectivity index (χ4n) is 3.04. The summed E-state index contributed by atoms with van der Waals surface area (Å²) in [6, 6.07) is 4.03. The van der Waals surface area contributed by atoms with Crippen molar-refractivity contribution >= 4 is 22.3 Å². The molecule has 0 aliphatic carbocycles. The number of rotatable bonds is 6. The van der Waals surface area contributed by atoms with Crippen molar-refractivity contribution in [3.8, 4) is 22.8 Å². The number of hydrogen-bond donors (Lipinski definition) is 3. The number of aromatic nitrogens is 1. The lowest BCUT2D eigenvalue weighted by molar-refractivity contribution is 0.144. The molecule has 31 heavy (non-hydrogen) atoms. The highest BCUT2D eigenvalue weighted by molar-refractivity contribution is 6.15. The fraction of sp³-hybridized carbons (Fsp3) is 0.273. The number of nitrogens with one attached hydrogen (secondary N) is 1. The van der Waals surface area contributed by atoms with Crippen LogP contribution in [-0.2, 0) is 4.74 Å². The third-order valence-electron chi connectivity index (χ3n) is 4.29. The number of nitrogens with two attached hydrogens (primary N) is 1. The van der Waals surface area contributed by atoms with Crippen LogP contribution in [0.15, 0.2) is 24.3 Å². The van der Waals surface area contributed by atoms with Crippen LogP contribution in [0.5, 0.6) is 11.5 Å². The van der Waals surface area contributed by atoms with Crippen LogP contribution in [0, 0.1) is 22.9 Å². The van der Waals surface area contributed by atoms with Crippen molar-refractivity contribution in [2.24, 2.45) is 0 Å². The van der Waals surface area contributed by atoms with Gasteiger partial charge in [0.15, 0.2) is 11.6 Å². The quantitative estimate of drug-likeness (QED) is 0.372. The zero-order valence-electron chi connectivity index (χ0n) is 17.6. The number of phenols is 1. The molecule has 0 aliphatic heterocycles. The van der Waals surface area contributed by atoms with Gasteiger partial charge in [0.2, 0.25) is 0 Å². The standard InChI is InChI=1S/C20H18F3N3O3.C2H6/c1-9(24)15-17-16(13(22)8-14(18(17)23)29-6-5-28-2)19(26-20(15)25)11-4-3-10(27)7-12(11)21;1-2/h3-4,7-8,24,27H,5-6H2,1-2H3,(H2,25,26);1-2H3. The number of pyridine rings is 1. The molecule has 0 saturated heterocycles. The molecule has 1 aromatic heterocycles. The molecule has 0 unspecified atom stereocenters. The van der Waals surface area contributed by atoms with E-state index in [9.17, 15) is 9.50 Å². The first-order valence-corrected chi connectivity index (χ1v) is 9.53. The van der Waals surface area contributed by atoms with E-state index in [1.165, 1.54) is 26.2 Å². The van der Waals surface area contributed by atoms with Crippen LogP contribution in [0.1, 0.15) is 26.3 Å². The number of nitrogen functional groups attached to an aromatic ring is 1. The van der Waals surface area contributed by atoms with Gasteiger partial charge in [0.1, 0.15) is 29.8 Å². The number of hydrogen-bond acceptors (Lipinski definition) is 6. The number of halogens is 3. The van der Waals surface area contributed by atoms with Crippen molar-refractivity contribution in [1.82, 2.24) is 4.98 Å². The summed E-state index contributed by atoms with van der Waals surface area (Å²) < 4.78 is 54.9. The Labute approximate surface area is 177 Å². The highest BCUT2D eigenvalue weighted by atomic mass is 19.1. The fourth-order valence-corrected chi connectivity index (χ4v) is 3.04. The predicted octanol–water partition coefficient (Wildman–Crippen LogP) is 5.05. The van der Waals surface area contributed by atoms with Gasteiger partial charge in [-0.05, 0) is 19.1 Å². The van der Waals surface area contributed by atoms with Crippen molar-refractivity contribution in [2.45, 2.75) is 20.8 Å². The lowest BCUT2D eigenvalue weighted by Gasteiger charge is -2.17. The smallest absolute Gasteiger partial charge is 0.173 e. The topological polar surface area (TPSA) is 101 Å². The van der Waals surface area contributed by atoms with Crippen LogP contribution in [0.3, 0.4) is 0 Å². The van der Waals surface area contributed by atoms with E-state index < -0.39 is 23.2 Å². The van der Waals surface area contributed by atoms with E-state index in [4.69, 9.17) is 20.6 Å². The predicted molar refractivity (Wildman–Crippen MR) is 114 cm³/mol. The van der Waals surface area contributed by atoms with Crippen molar-refractivity contribution in [2.75, 3.05) is 26.1 Å². The average molecular weight is 435 g/mol. The van der Waals surface area contributed by atoms with Crippen LogP contribution in [0.25, 0.3) is 22.0 Å². The van der Waals surface area contributed by atoms with Crippen molar-refractivity contribution in [3.05, 3.63) is 47.3 Å². The van der Waals surface area contributed by atoms with Gasteiger partial charge in [0.05, 0.1) is 12.3 Å². The lowest BCUT2D eigenvalue weighted by Crippen LogP contribution is -2.10. The monoisotopic (exact) mass is 435 g/mol. The number of aromatic hydroxyl groups is 1. The molecule has 2 aromatic carbocycles. The van der Waals surface area contributed by atoms with Gasteiger partial charge < -0.3 is 25.7 Å². The second-order valence-corrected chi connectivity index (χ2v) is 6.27. The number of methoxy groups -OCH3 is 1. The first kappa shape index (κ1) is 23.9. The van der Waals surface area contributed by atoms with E-state index in [0.717, 1.165) is 12.1 Å². The molecule has 0 fully saturated rings. The first-order chi connectivity index (χ1) is 14.8. The van der Waals surface area contributed by atoms with E-state index in [1.807, 2.05) is 13.8 Å². The molecule has 4 N–H and O–H groups in total. The summed E-state index contributed by atoms with van der Waals surface area (Å²) >= 11 is 0. The largest absolute Gasteiger partial charge is 0.508 e. The normalized spacial score (nSPS) is 10.5. The third-order valence-corrected chi connectivity index (χ3v) is 4.29. The highest BCUT2D eigenvalue weighted by Gasteiger charge is 2.25. The lowest BCUT2D eigenvalue weighted by atomic mass is 9.96. The summed E-state index contributed by atoms with van der Waals surface area (Å²) in [7, 11) is 1.43. The Morgan fingerprint density at radius 1 is 1.10 bits per heavy atom. The Kier molecular flexibility index (Phi) is 7.82. The average Bonchev–Trinajstić information content (AvgIpc) is 2.72. The summed E-state index contributed by atoms with van der Waals surface area (Å²) in [5.41, 5.74) is 5.23. The minimum absolute atomic E-state index is 0.0305. The molecule has 9 heteroatoms. The van der Waals surface area contributed by atoms with Crippen LogP contribution < -0.4 is 10.5 Å². The summed E-state index contributed by atoms with van der Waals surface area (Å²) in [6.07, 6.45) is 0. The molecule has 0 bridgehead atoms. The second kappa shape index (κ2) is 10.1. The maximum atomic E-state index is 15.3. The SMILES string of the molecule is CC.COCCOc1cc(F)c2c(-c3ccc(O)cc3F)nc(N)c(C(C)=N)c2c1F. The van der Waals surface area contributed by atoms with Gasteiger partial charge in [-0.2, -0.15) is 0 Å². The van der Waals surface area contributed by atoms with E-state index in [2.05, 4.69) is 4.98 Å². The summed E-state index contributed by atoms with van der Waals surface area (Å²) in [5.74, 6) is -3.76. The zero-order valence-corrected chi connectivity index (χ0v) is 17.6. The van der Waals surface area contributed by atoms with E-state index in [1.54, 1.807) is 0 Å². The van der Waals surface area contributed by atoms with Crippen molar-refractivity contribution in [1.29, 1.82) is 5.41 Å². The van der Waals surface area contributed by atoms with Gasteiger partial charge >= 0.3 is 0 Å². The van der Waals surface area contributed by atoms with Gasteiger partial charge in [-0.15, -0.1) is 0 Å². The van der Waals surface area contributed by atoms with Crippen molar-refractivity contribution in [3.63, 3.8) is 0 Å². The van der Waals surface area contributed by atoms with Crippen molar-refractivity contribution < 1.29 is 27.8 Å². The Balaban J connectivity index is 0.00000166. The number of ether oxygens (including phenoxy) is 2. The third kappa shape index (κ3) is 4.72. The molecular formula is C22H24F3N3O3. The Morgan fingerprint density at radius 2 is 1.77 bits per heavy atom. The van der Waals surface area contributed by atoms with E-state index in [0.29, 0.717) is 0 Å².